The molecule has 1 unspecified atom stereocenters. The first-order valence-electron chi connectivity index (χ1n) is 7.16. The minimum Gasteiger partial charge on any atom is -0.469 e. The van der Waals surface area contributed by atoms with Crippen LogP contribution >= 0.6 is 0 Å². The first-order chi connectivity index (χ1) is 9.51. The quantitative estimate of drug-likeness (QED) is 0.537. The van der Waals surface area contributed by atoms with Crippen molar-refractivity contribution >= 4 is 17.8 Å². The molecule has 1 fully saturated rings. The molecule has 0 spiro atoms. The van der Waals surface area contributed by atoms with Crippen LogP contribution in [0.15, 0.2) is 0 Å². The Balaban J connectivity index is 2.60. The van der Waals surface area contributed by atoms with E-state index in [0.717, 1.165) is 19.3 Å². The third kappa shape index (κ3) is 5.19. The molecule has 0 aromatic heterocycles. The predicted octanol–water partition coefficient (Wildman–Crippen LogP) is 0.895. The van der Waals surface area contributed by atoms with E-state index in [2.05, 4.69) is 22.3 Å². The number of methoxy groups -OCH3 is 1. The van der Waals surface area contributed by atoms with Gasteiger partial charge in [-0.2, -0.15) is 0 Å². The molecule has 20 heavy (non-hydrogen) atoms. The van der Waals surface area contributed by atoms with Crippen LogP contribution in [0.1, 0.15) is 51.9 Å². The highest BCUT2D eigenvalue weighted by Crippen LogP contribution is 2.22. The van der Waals surface area contributed by atoms with Gasteiger partial charge in [-0.25, -0.2) is 0 Å². The van der Waals surface area contributed by atoms with Gasteiger partial charge in [0.25, 0.3) is 0 Å². The summed E-state index contributed by atoms with van der Waals surface area (Å²) in [7, 11) is 1.32. The van der Waals surface area contributed by atoms with Crippen molar-refractivity contribution in [3.8, 4) is 0 Å². The van der Waals surface area contributed by atoms with Gasteiger partial charge in [-0.05, 0) is 12.8 Å². The molecule has 1 aliphatic rings. The second-order valence-corrected chi connectivity index (χ2v) is 5.32. The van der Waals surface area contributed by atoms with Gasteiger partial charge in [0, 0.05) is 19.4 Å². The average Bonchev–Trinajstić information content (AvgIpc) is 2.42. The molecule has 1 aliphatic heterocycles. The van der Waals surface area contributed by atoms with Gasteiger partial charge in [0.05, 0.1) is 19.1 Å². The number of hydrogen-bond donors (Lipinski definition) is 2. The fourth-order valence-electron chi connectivity index (χ4n) is 2.34. The third-order valence-corrected chi connectivity index (χ3v) is 3.58. The summed E-state index contributed by atoms with van der Waals surface area (Å²) < 4.78 is 4.68. The number of amides is 2. The molecule has 0 aliphatic carbocycles. The van der Waals surface area contributed by atoms with E-state index in [9.17, 15) is 14.4 Å². The van der Waals surface area contributed by atoms with Crippen LogP contribution in [0.4, 0.5) is 0 Å². The number of carbonyl (C=O) groups excluding carboxylic acids is 3. The van der Waals surface area contributed by atoms with Gasteiger partial charge in [0.2, 0.25) is 11.8 Å². The molecule has 6 heteroatoms. The number of rotatable bonds is 7. The largest absolute Gasteiger partial charge is 0.469 e. The van der Waals surface area contributed by atoms with Gasteiger partial charge < -0.3 is 15.4 Å². The van der Waals surface area contributed by atoms with Crippen LogP contribution in [0.25, 0.3) is 0 Å². The van der Waals surface area contributed by atoms with Crippen LogP contribution in [0.5, 0.6) is 0 Å². The fourth-order valence-corrected chi connectivity index (χ4v) is 2.34. The normalized spacial score (nSPS) is 22.0. The van der Waals surface area contributed by atoms with E-state index in [1.165, 1.54) is 7.11 Å². The molecule has 1 rings (SSSR count). The van der Waals surface area contributed by atoms with Crippen molar-refractivity contribution in [2.24, 2.45) is 0 Å². The lowest BCUT2D eigenvalue weighted by atomic mass is 9.86. The average molecular weight is 284 g/mol. The highest BCUT2D eigenvalue weighted by atomic mass is 16.5. The minimum absolute atomic E-state index is 0.0503. The van der Waals surface area contributed by atoms with Crippen LogP contribution in [0, 0.1) is 0 Å². The van der Waals surface area contributed by atoms with Crippen LogP contribution in [-0.4, -0.2) is 37.0 Å². The van der Waals surface area contributed by atoms with Crippen LogP contribution in [0.3, 0.4) is 0 Å². The number of esters is 1. The van der Waals surface area contributed by atoms with E-state index in [1.807, 2.05) is 0 Å². The van der Waals surface area contributed by atoms with Crippen LogP contribution < -0.4 is 10.6 Å². The zero-order chi connectivity index (χ0) is 15.0. The Kier molecular flexibility index (Phi) is 6.48. The monoisotopic (exact) mass is 284 g/mol. The van der Waals surface area contributed by atoms with E-state index in [0.29, 0.717) is 19.3 Å². The van der Waals surface area contributed by atoms with Gasteiger partial charge in [-0.1, -0.05) is 19.8 Å². The Hall–Kier alpha value is -1.59. The SMILES string of the molecule is CCCCCC(=O)NC1(CC(=O)OC)CCC(=O)NC1. The lowest BCUT2D eigenvalue weighted by Gasteiger charge is -2.37. The van der Waals surface area contributed by atoms with Crippen molar-refractivity contribution in [2.75, 3.05) is 13.7 Å². The Labute approximate surface area is 119 Å². The van der Waals surface area contributed by atoms with Crippen LogP contribution in [0.2, 0.25) is 0 Å². The number of nitrogens with one attached hydrogen (secondary N) is 2. The molecule has 1 saturated heterocycles. The number of ether oxygens (including phenoxy) is 1. The number of hydrogen-bond acceptors (Lipinski definition) is 4. The molecule has 0 aromatic rings. The molecule has 6 nitrogen and oxygen atoms in total. The van der Waals surface area contributed by atoms with Gasteiger partial charge in [0.15, 0.2) is 0 Å². The maximum Gasteiger partial charge on any atom is 0.307 e. The van der Waals surface area contributed by atoms with E-state index >= 15 is 0 Å². The molecule has 114 valence electrons. The van der Waals surface area contributed by atoms with Crippen molar-refractivity contribution in [1.29, 1.82) is 0 Å². The molecule has 2 amide bonds. The maximum absolute atomic E-state index is 12.0. The molecular formula is C14H24N2O4. The molecule has 0 aromatic carbocycles. The molecule has 0 bridgehead atoms. The summed E-state index contributed by atoms with van der Waals surface area (Å²) in [6.45, 7) is 2.35. The highest BCUT2D eigenvalue weighted by Gasteiger charge is 2.38. The standard InChI is InChI=1S/C14H24N2O4/c1-3-4-5-6-12(18)16-14(9-13(19)20-2)8-7-11(17)15-10-14/h3-10H2,1-2H3,(H,15,17)(H,16,18). The molecule has 0 radical (unpaired) electrons. The zero-order valence-corrected chi connectivity index (χ0v) is 12.3. The number of piperidine rings is 1. The van der Waals surface area contributed by atoms with Crippen molar-refractivity contribution in [3.63, 3.8) is 0 Å². The Morgan fingerprint density at radius 2 is 2.15 bits per heavy atom. The zero-order valence-electron chi connectivity index (χ0n) is 12.3. The molecule has 0 saturated carbocycles. The highest BCUT2D eigenvalue weighted by molar-refractivity contribution is 5.81. The first kappa shape index (κ1) is 16.5. The van der Waals surface area contributed by atoms with Crippen LogP contribution in [-0.2, 0) is 19.1 Å². The molecular weight excluding hydrogens is 260 g/mol. The van der Waals surface area contributed by atoms with Gasteiger partial charge in [0.1, 0.15) is 0 Å². The van der Waals surface area contributed by atoms with E-state index in [4.69, 9.17) is 0 Å². The van der Waals surface area contributed by atoms with Crippen molar-refractivity contribution < 1.29 is 19.1 Å². The summed E-state index contributed by atoms with van der Waals surface area (Å²) in [4.78, 5) is 34.8. The third-order valence-electron chi connectivity index (χ3n) is 3.58. The van der Waals surface area contributed by atoms with E-state index in [1.54, 1.807) is 0 Å². The second kappa shape index (κ2) is 7.87. The minimum atomic E-state index is -0.704. The Morgan fingerprint density at radius 1 is 1.40 bits per heavy atom. The molecule has 1 heterocycles. The second-order valence-electron chi connectivity index (χ2n) is 5.32. The summed E-state index contributed by atoms with van der Waals surface area (Å²) in [6.07, 6.45) is 4.21. The Morgan fingerprint density at radius 3 is 2.70 bits per heavy atom. The summed E-state index contributed by atoms with van der Waals surface area (Å²) in [6, 6.07) is 0. The number of unbranched alkanes of at least 4 members (excludes halogenated alkanes) is 2. The summed E-state index contributed by atoms with van der Waals surface area (Å²) >= 11 is 0. The molecule has 1 atom stereocenters. The van der Waals surface area contributed by atoms with Crippen molar-refractivity contribution in [1.82, 2.24) is 10.6 Å². The Bertz CT molecular complexity index is 358. The van der Waals surface area contributed by atoms with Crippen molar-refractivity contribution in [2.45, 2.75) is 57.4 Å². The summed E-state index contributed by atoms with van der Waals surface area (Å²) in [5.41, 5.74) is -0.704. The smallest absolute Gasteiger partial charge is 0.307 e. The predicted molar refractivity (Wildman–Crippen MR) is 73.9 cm³/mol. The maximum atomic E-state index is 12.0. The van der Waals surface area contributed by atoms with Gasteiger partial charge in [-0.3, -0.25) is 14.4 Å². The number of carbonyl (C=O) groups is 3. The molecule has 2 N–H and O–H groups in total. The first-order valence-corrected chi connectivity index (χ1v) is 7.16. The summed E-state index contributed by atoms with van der Waals surface area (Å²) in [5.74, 6) is -0.501. The van der Waals surface area contributed by atoms with Crippen molar-refractivity contribution in [3.05, 3.63) is 0 Å². The lowest BCUT2D eigenvalue weighted by Crippen LogP contribution is -2.59. The summed E-state index contributed by atoms with van der Waals surface area (Å²) in [5, 5.41) is 5.64. The van der Waals surface area contributed by atoms with E-state index in [-0.39, 0.29) is 30.7 Å². The lowest BCUT2D eigenvalue weighted by molar-refractivity contribution is -0.144. The topological polar surface area (TPSA) is 84.5 Å². The fraction of sp³-hybridized carbons (Fsp3) is 0.786. The van der Waals surface area contributed by atoms with Gasteiger partial charge in [-0.15, -0.1) is 0 Å². The van der Waals surface area contributed by atoms with Gasteiger partial charge >= 0.3 is 5.97 Å². The van der Waals surface area contributed by atoms with E-state index < -0.39 is 5.54 Å².